The predicted octanol–water partition coefficient (Wildman–Crippen LogP) is 0.550. The molecule has 2 aliphatic heterocycles. The fraction of sp³-hybridized carbons (Fsp3) is 0.650. The number of sulfonamides is 2. The van der Waals surface area contributed by atoms with Gasteiger partial charge < -0.3 is 10.2 Å². The van der Waals surface area contributed by atoms with Crippen molar-refractivity contribution >= 4 is 26.0 Å². The number of piperidine rings is 1. The summed E-state index contributed by atoms with van der Waals surface area (Å²) in [5.41, 5.74) is 0. The monoisotopic (exact) mass is 472 g/mol. The summed E-state index contributed by atoms with van der Waals surface area (Å²) in [4.78, 5) is 14.8. The van der Waals surface area contributed by atoms with Gasteiger partial charge in [0.15, 0.2) is 0 Å². The van der Waals surface area contributed by atoms with Gasteiger partial charge in [-0.3, -0.25) is 4.79 Å². The van der Waals surface area contributed by atoms with Crippen LogP contribution in [0.5, 0.6) is 0 Å². The van der Waals surface area contributed by atoms with E-state index >= 15 is 0 Å². The maximum atomic E-state index is 13.2. The van der Waals surface area contributed by atoms with Crippen molar-refractivity contribution in [2.24, 2.45) is 5.92 Å². The van der Waals surface area contributed by atoms with E-state index in [-0.39, 0.29) is 28.2 Å². The number of hydrogen-bond acceptors (Lipinski definition) is 6. The van der Waals surface area contributed by atoms with Crippen LogP contribution in [-0.2, 0) is 24.8 Å². The van der Waals surface area contributed by atoms with Crippen molar-refractivity contribution in [3.63, 3.8) is 0 Å². The number of piperazine rings is 1. The Morgan fingerprint density at radius 1 is 1.00 bits per heavy atom. The zero-order chi connectivity index (χ0) is 22.6. The van der Waals surface area contributed by atoms with Gasteiger partial charge >= 0.3 is 0 Å². The molecule has 0 radical (unpaired) electrons. The van der Waals surface area contributed by atoms with Gasteiger partial charge in [0.25, 0.3) is 0 Å². The van der Waals surface area contributed by atoms with Crippen molar-refractivity contribution < 1.29 is 21.6 Å². The molecular weight excluding hydrogens is 440 g/mol. The molecule has 31 heavy (non-hydrogen) atoms. The number of benzene rings is 1. The first-order valence-corrected chi connectivity index (χ1v) is 13.7. The molecule has 1 unspecified atom stereocenters. The average molecular weight is 473 g/mol. The summed E-state index contributed by atoms with van der Waals surface area (Å²) in [6.07, 6.45) is 1.30. The molecule has 2 heterocycles. The molecular formula is C20H32N4O5S2. The van der Waals surface area contributed by atoms with Gasteiger partial charge in [-0.1, -0.05) is 13.8 Å². The van der Waals surface area contributed by atoms with Crippen LogP contribution < -0.4 is 5.32 Å². The summed E-state index contributed by atoms with van der Waals surface area (Å²) >= 11 is 0. The summed E-state index contributed by atoms with van der Waals surface area (Å²) in [7, 11) is -7.46. The molecule has 1 aromatic rings. The molecule has 2 aliphatic rings. The average Bonchev–Trinajstić information content (AvgIpc) is 2.80. The fourth-order valence-corrected chi connectivity index (χ4v) is 7.13. The Bertz CT molecular complexity index is 969. The van der Waals surface area contributed by atoms with Crippen LogP contribution in [0, 0.1) is 5.92 Å². The van der Waals surface area contributed by atoms with Gasteiger partial charge in [-0.2, -0.15) is 8.61 Å². The summed E-state index contributed by atoms with van der Waals surface area (Å²) < 4.78 is 54.3. The van der Waals surface area contributed by atoms with Crippen LogP contribution >= 0.6 is 0 Å². The van der Waals surface area contributed by atoms with E-state index in [0.717, 1.165) is 13.1 Å². The zero-order valence-electron chi connectivity index (χ0n) is 18.2. The van der Waals surface area contributed by atoms with E-state index in [1.54, 1.807) is 13.8 Å². The Morgan fingerprint density at radius 2 is 1.58 bits per heavy atom. The maximum Gasteiger partial charge on any atom is 0.243 e. The van der Waals surface area contributed by atoms with Crippen LogP contribution in [0.25, 0.3) is 0 Å². The number of nitrogens with zero attached hydrogens (tertiary/aromatic N) is 3. The topological polar surface area (TPSA) is 107 Å². The largest absolute Gasteiger partial charge is 0.340 e. The van der Waals surface area contributed by atoms with Crippen LogP contribution in [0.2, 0.25) is 0 Å². The molecule has 0 spiro atoms. The summed E-state index contributed by atoms with van der Waals surface area (Å²) in [5, 5.41) is 3.21. The molecule has 1 atom stereocenters. The van der Waals surface area contributed by atoms with Crippen molar-refractivity contribution in [3.05, 3.63) is 24.3 Å². The molecule has 174 valence electrons. The van der Waals surface area contributed by atoms with E-state index in [9.17, 15) is 21.6 Å². The highest BCUT2D eigenvalue weighted by Crippen LogP contribution is 2.26. The number of hydrogen-bond donors (Lipinski definition) is 1. The van der Waals surface area contributed by atoms with Crippen LogP contribution in [0.4, 0.5) is 0 Å². The molecule has 9 nitrogen and oxygen atoms in total. The third-order valence-corrected chi connectivity index (χ3v) is 9.91. The molecule has 0 bridgehead atoms. The molecule has 1 amide bonds. The van der Waals surface area contributed by atoms with Gasteiger partial charge in [-0.15, -0.1) is 0 Å². The highest BCUT2D eigenvalue weighted by Gasteiger charge is 2.35. The lowest BCUT2D eigenvalue weighted by Gasteiger charge is -2.35. The number of rotatable bonds is 7. The fourth-order valence-electron chi connectivity index (χ4n) is 4.15. The highest BCUT2D eigenvalue weighted by molar-refractivity contribution is 7.89. The van der Waals surface area contributed by atoms with Crippen molar-refractivity contribution in [2.75, 3.05) is 52.4 Å². The zero-order valence-corrected chi connectivity index (χ0v) is 19.8. The molecule has 0 saturated carbocycles. The van der Waals surface area contributed by atoms with Gasteiger partial charge in [0.1, 0.15) is 0 Å². The van der Waals surface area contributed by atoms with E-state index in [1.807, 2.05) is 4.90 Å². The normalized spacial score (nSPS) is 21.4. The Hall–Kier alpha value is -1.53. The van der Waals surface area contributed by atoms with E-state index < -0.39 is 20.0 Å². The van der Waals surface area contributed by atoms with Gasteiger partial charge in [-0.25, -0.2) is 16.8 Å². The Kier molecular flexibility index (Phi) is 7.74. The van der Waals surface area contributed by atoms with Crippen molar-refractivity contribution in [1.82, 2.24) is 18.8 Å². The van der Waals surface area contributed by atoms with Crippen LogP contribution in [0.15, 0.2) is 34.1 Å². The third-order valence-electron chi connectivity index (χ3n) is 5.97. The maximum absolute atomic E-state index is 13.2. The number of carbonyl (C=O) groups excluding carboxylic acids is 1. The summed E-state index contributed by atoms with van der Waals surface area (Å²) in [6.45, 7) is 7.51. The molecule has 11 heteroatoms. The Morgan fingerprint density at radius 3 is 2.16 bits per heavy atom. The van der Waals surface area contributed by atoms with Crippen molar-refractivity contribution in [2.45, 2.75) is 36.5 Å². The van der Waals surface area contributed by atoms with Crippen molar-refractivity contribution in [3.8, 4) is 0 Å². The van der Waals surface area contributed by atoms with E-state index in [1.165, 1.54) is 32.9 Å². The number of amides is 1. The Labute approximate surface area is 185 Å². The third kappa shape index (κ3) is 5.11. The lowest BCUT2D eigenvalue weighted by Crippen LogP contribution is -2.51. The highest BCUT2D eigenvalue weighted by atomic mass is 32.2. The van der Waals surface area contributed by atoms with Gasteiger partial charge in [0, 0.05) is 52.4 Å². The second-order valence-corrected chi connectivity index (χ2v) is 11.7. The Balaban J connectivity index is 1.75. The van der Waals surface area contributed by atoms with Crippen LogP contribution in [-0.4, -0.2) is 88.6 Å². The molecule has 1 aromatic carbocycles. The van der Waals surface area contributed by atoms with Crippen LogP contribution in [0.3, 0.4) is 0 Å². The minimum atomic E-state index is -3.81. The minimum Gasteiger partial charge on any atom is -0.340 e. The molecule has 2 fully saturated rings. The SMILES string of the molecule is CCN(CC)S(=O)(=O)c1ccc(S(=O)(=O)N2CCCC(C(=O)N3CCNCC3)C2)cc1. The second kappa shape index (κ2) is 9.95. The smallest absolute Gasteiger partial charge is 0.243 e. The van der Waals surface area contributed by atoms with Crippen molar-refractivity contribution in [1.29, 1.82) is 0 Å². The van der Waals surface area contributed by atoms with Gasteiger partial charge in [-0.05, 0) is 37.1 Å². The van der Waals surface area contributed by atoms with Gasteiger partial charge in [0.05, 0.1) is 15.7 Å². The van der Waals surface area contributed by atoms with E-state index in [2.05, 4.69) is 5.32 Å². The first-order chi connectivity index (χ1) is 14.7. The van der Waals surface area contributed by atoms with Crippen LogP contribution in [0.1, 0.15) is 26.7 Å². The lowest BCUT2D eigenvalue weighted by atomic mass is 9.98. The molecule has 3 rings (SSSR count). The summed E-state index contributed by atoms with van der Waals surface area (Å²) in [5.74, 6) is -0.328. The minimum absolute atomic E-state index is 0.0158. The van der Waals surface area contributed by atoms with Gasteiger partial charge in [0.2, 0.25) is 26.0 Å². The number of carbonyl (C=O) groups is 1. The van der Waals surface area contributed by atoms with E-state index in [4.69, 9.17) is 0 Å². The first-order valence-electron chi connectivity index (χ1n) is 10.8. The second-order valence-electron chi connectivity index (χ2n) is 7.84. The standard InChI is InChI=1S/C20H32N4O5S2/c1-3-23(4-2)30(26,27)18-7-9-19(10-8-18)31(28,29)24-13-5-6-17(16-24)20(25)22-14-11-21-12-15-22/h7-10,17,21H,3-6,11-16H2,1-2H3. The molecule has 0 aliphatic carbocycles. The predicted molar refractivity (Wildman–Crippen MR) is 117 cm³/mol. The molecule has 1 N–H and O–H groups in total. The molecule has 0 aromatic heterocycles. The molecule has 2 saturated heterocycles. The first kappa shape index (κ1) is 24.1. The van der Waals surface area contributed by atoms with E-state index in [0.29, 0.717) is 45.6 Å². The quantitative estimate of drug-likeness (QED) is 0.621. The lowest BCUT2D eigenvalue weighted by molar-refractivity contribution is -0.137. The summed E-state index contributed by atoms with van der Waals surface area (Å²) in [6, 6.07) is 5.36. The number of nitrogens with one attached hydrogen (secondary N) is 1.